The minimum absolute atomic E-state index is 0.00836. The van der Waals surface area contributed by atoms with Gasteiger partial charge in [0.05, 0.1) is 0 Å². The molecule has 1 aromatic heterocycles. The van der Waals surface area contributed by atoms with Crippen molar-refractivity contribution in [2.24, 2.45) is 7.05 Å². The van der Waals surface area contributed by atoms with Crippen molar-refractivity contribution in [3.8, 4) is 0 Å². The molecule has 0 spiro atoms. The number of thioether (sulfide) groups is 1. The van der Waals surface area contributed by atoms with Gasteiger partial charge in [0.2, 0.25) is 5.78 Å². The number of hydrogen-bond acceptors (Lipinski definition) is 6. The normalized spacial score (nSPS) is 17.8. The summed E-state index contributed by atoms with van der Waals surface area (Å²) in [5, 5.41) is 19.7. The number of ketones is 1. The number of benzene rings is 1. The molecule has 1 aliphatic carbocycles. The molecule has 2 aromatic rings. The second-order valence-electron chi connectivity index (χ2n) is 6.71. The highest BCUT2D eigenvalue weighted by molar-refractivity contribution is 7.99. The van der Waals surface area contributed by atoms with Crippen LogP contribution in [0.15, 0.2) is 29.4 Å². The van der Waals surface area contributed by atoms with Crippen LogP contribution in [0.2, 0.25) is 0 Å². The molecule has 1 aliphatic heterocycles. The molecule has 136 valence electrons. The van der Waals surface area contributed by atoms with E-state index in [1.54, 1.807) is 34.5 Å². The lowest BCUT2D eigenvalue weighted by Crippen LogP contribution is -2.31. The number of allylic oxidation sites excluding steroid dienone is 1. The monoisotopic (exact) mass is 370 g/mol. The number of aromatic nitrogens is 3. The summed E-state index contributed by atoms with van der Waals surface area (Å²) < 4.78 is 1.80. The number of likely N-dealkylation sites (tertiary alicyclic amines) is 1. The third-order valence-corrected chi connectivity index (χ3v) is 6.04. The lowest BCUT2D eigenvalue weighted by atomic mass is 10.1. The van der Waals surface area contributed by atoms with Crippen molar-refractivity contribution >= 4 is 28.9 Å². The minimum atomic E-state index is -0.196. The van der Waals surface area contributed by atoms with Gasteiger partial charge in [-0.1, -0.05) is 42.4 Å². The highest BCUT2D eigenvalue weighted by Gasteiger charge is 2.33. The fraction of sp³-hybridized carbons (Fsp3) is 0.421. The van der Waals surface area contributed by atoms with Gasteiger partial charge in [-0.3, -0.25) is 4.79 Å². The molecule has 0 amide bonds. The van der Waals surface area contributed by atoms with Crippen LogP contribution in [0, 0.1) is 0 Å². The zero-order valence-electron chi connectivity index (χ0n) is 14.8. The lowest BCUT2D eigenvalue weighted by molar-refractivity contribution is 0.105. The van der Waals surface area contributed by atoms with E-state index in [1.807, 2.05) is 13.1 Å². The highest BCUT2D eigenvalue weighted by Crippen LogP contribution is 2.36. The topological polar surface area (TPSA) is 71.2 Å². The van der Waals surface area contributed by atoms with E-state index in [2.05, 4.69) is 15.1 Å². The molecular formula is C19H22N4O2S. The molecule has 6 nitrogen and oxygen atoms in total. The average molecular weight is 370 g/mol. The number of piperidine rings is 1. The molecule has 0 saturated carbocycles. The molecule has 0 radical (unpaired) electrons. The number of aliphatic hydroxyl groups is 1. The summed E-state index contributed by atoms with van der Waals surface area (Å²) in [4.78, 5) is 15.2. The van der Waals surface area contributed by atoms with Crippen LogP contribution >= 0.6 is 11.8 Å². The van der Waals surface area contributed by atoms with Gasteiger partial charge in [-0.05, 0) is 25.9 Å². The minimum Gasteiger partial charge on any atom is -0.506 e. The standard InChI is InChI=1S/C19H22N4O2S/c1-22-18(15-16(24)13-7-3-4-8-14(13)17(15)25)20-21-19(22)26-12-11-23-9-5-2-6-10-23/h3-4,7-8,24H,2,5-6,9-12H2,1H3. The molecule has 7 heteroatoms. The largest absolute Gasteiger partial charge is 0.506 e. The second-order valence-corrected chi connectivity index (χ2v) is 7.78. The lowest BCUT2D eigenvalue weighted by Gasteiger charge is -2.25. The van der Waals surface area contributed by atoms with Gasteiger partial charge < -0.3 is 14.6 Å². The molecule has 0 unspecified atom stereocenters. The van der Waals surface area contributed by atoms with Gasteiger partial charge in [-0.25, -0.2) is 0 Å². The molecular weight excluding hydrogens is 348 g/mol. The van der Waals surface area contributed by atoms with E-state index in [1.165, 1.54) is 32.4 Å². The summed E-state index contributed by atoms with van der Waals surface area (Å²) in [6.45, 7) is 3.39. The first-order valence-corrected chi connectivity index (χ1v) is 9.97. The van der Waals surface area contributed by atoms with Crippen molar-refractivity contribution in [3.05, 3.63) is 41.2 Å². The molecule has 26 heavy (non-hydrogen) atoms. The van der Waals surface area contributed by atoms with Crippen molar-refractivity contribution in [3.63, 3.8) is 0 Å². The molecule has 1 N–H and O–H groups in total. The molecule has 2 aliphatic rings. The van der Waals surface area contributed by atoms with E-state index >= 15 is 0 Å². The van der Waals surface area contributed by atoms with Crippen molar-refractivity contribution in [1.82, 2.24) is 19.7 Å². The van der Waals surface area contributed by atoms with E-state index in [0.717, 1.165) is 17.5 Å². The van der Waals surface area contributed by atoms with Crippen LogP contribution in [-0.2, 0) is 7.05 Å². The predicted octanol–water partition coefficient (Wildman–Crippen LogP) is 3.02. The number of Topliss-reactive ketones (excluding diaryl/α,β-unsaturated/α-hetero) is 1. The molecule has 1 aromatic carbocycles. The SMILES string of the molecule is Cn1c(SCCN2CCCCC2)nnc1C1=C(O)c2ccccc2C1=O. The highest BCUT2D eigenvalue weighted by atomic mass is 32.2. The summed E-state index contributed by atoms with van der Waals surface area (Å²) in [6.07, 6.45) is 3.91. The molecule has 4 rings (SSSR count). The van der Waals surface area contributed by atoms with Gasteiger partial charge in [0.1, 0.15) is 11.3 Å². The zero-order chi connectivity index (χ0) is 18.1. The Kier molecular flexibility index (Phi) is 4.82. The van der Waals surface area contributed by atoms with E-state index in [9.17, 15) is 9.90 Å². The number of carbonyl (C=O) groups excluding carboxylic acids is 1. The van der Waals surface area contributed by atoms with Crippen LogP contribution in [0.1, 0.15) is 41.0 Å². The van der Waals surface area contributed by atoms with Gasteiger partial charge in [0, 0.05) is 30.5 Å². The molecule has 0 atom stereocenters. The molecule has 1 saturated heterocycles. The fourth-order valence-electron chi connectivity index (χ4n) is 3.58. The number of hydrogen-bond donors (Lipinski definition) is 1. The fourth-order valence-corrected chi connectivity index (χ4v) is 4.49. The maximum absolute atomic E-state index is 12.7. The Hall–Kier alpha value is -2.12. The predicted molar refractivity (Wildman–Crippen MR) is 102 cm³/mol. The first-order valence-electron chi connectivity index (χ1n) is 8.99. The van der Waals surface area contributed by atoms with Gasteiger partial charge in [0.15, 0.2) is 11.0 Å². The van der Waals surface area contributed by atoms with Crippen LogP contribution in [0.25, 0.3) is 11.3 Å². The maximum atomic E-state index is 12.7. The van der Waals surface area contributed by atoms with Crippen molar-refractivity contribution in [2.75, 3.05) is 25.4 Å². The number of fused-ring (bicyclic) bond motifs is 1. The van der Waals surface area contributed by atoms with E-state index in [4.69, 9.17) is 0 Å². The summed E-state index contributed by atoms with van der Waals surface area (Å²) in [6, 6.07) is 7.08. The van der Waals surface area contributed by atoms with E-state index in [-0.39, 0.29) is 17.1 Å². The molecule has 2 heterocycles. The Balaban J connectivity index is 1.49. The number of rotatable bonds is 5. The Morgan fingerprint density at radius 2 is 1.85 bits per heavy atom. The number of aliphatic hydroxyl groups excluding tert-OH is 1. The third-order valence-electron chi connectivity index (χ3n) is 5.04. The quantitative estimate of drug-likeness (QED) is 0.816. The van der Waals surface area contributed by atoms with E-state index < -0.39 is 0 Å². The van der Waals surface area contributed by atoms with Gasteiger partial charge in [-0.2, -0.15) is 0 Å². The Morgan fingerprint density at radius 3 is 2.58 bits per heavy atom. The van der Waals surface area contributed by atoms with Crippen molar-refractivity contribution in [1.29, 1.82) is 0 Å². The van der Waals surface area contributed by atoms with E-state index in [0.29, 0.717) is 17.0 Å². The van der Waals surface area contributed by atoms with Crippen LogP contribution in [0.4, 0.5) is 0 Å². The zero-order valence-corrected chi connectivity index (χ0v) is 15.6. The van der Waals surface area contributed by atoms with Crippen LogP contribution < -0.4 is 0 Å². The average Bonchev–Trinajstić information content (AvgIpc) is 3.14. The smallest absolute Gasteiger partial charge is 0.201 e. The van der Waals surface area contributed by atoms with Crippen LogP contribution in [0.5, 0.6) is 0 Å². The van der Waals surface area contributed by atoms with Crippen LogP contribution in [0.3, 0.4) is 0 Å². The Labute approximate surface area is 156 Å². The number of nitrogens with zero attached hydrogens (tertiary/aromatic N) is 4. The first-order chi connectivity index (χ1) is 12.7. The van der Waals surface area contributed by atoms with Gasteiger partial charge in [0.25, 0.3) is 0 Å². The molecule has 1 fully saturated rings. The first kappa shape index (κ1) is 17.3. The Bertz CT molecular complexity index is 868. The summed E-state index contributed by atoms with van der Waals surface area (Å²) >= 11 is 1.64. The Morgan fingerprint density at radius 1 is 1.12 bits per heavy atom. The summed E-state index contributed by atoms with van der Waals surface area (Å²) in [7, 11) is 1.84. The van der Waals surface area contributed by atoms with Crippen LogP contribution in [-0.4, -0.2) is 55.9 Å². The van der Waals surface area contributed by atoms with Gasteiger partial charge >= 0.3 is 0 Å². The molecule has 0 bridgehead atoms. The summed E-state index contributed by atoms with van der Waals surface area (Å²) in [5.74, 6) is 1.15. The van der Waals surface area contributed by atoms with Gasteiger partial charge in [-0.15, -0.1) is 10.2 Å². The number of carbonyl (C=O) groups is 1. The second kappa shape index (κ2) is 7.25. The van der Waals surface area contributed by atoms with Crippen molar-refractivity contribution in [2.45, 2.75) is 24.4 Å². The maximum Gasteiger partial charge on any atom is 0.201 e. The van der Waals surface area contributed by atoms with Crippen molar-refractivity contribution < 1.29 is 9.90 Å². The third kappa shape index (κ3) is 3.05. The summed E-state index contributed by atoms with van der Waals surface area (Å²) in [5.41, 5.74) is 1.32.